The highest BCUT2D eigenvalue weighted by Crippen LogP contribution is 2.27. The van der Waals surface area contributed by atoms with E-state index in [4.69, 9.17) is 0 Å². The Morgan fingerprint density at radius 1 is 0.750 bits per heavy atom. The number of hydrogen-bond acceptors (Lipinski definition) is 4. The predicted octanol–water partition coefficient (Wildman–Crippen LogP) is 7.83. The Morgan fingerprint density at radius 2 is 1.33 bits per heavy atom. The lowest BCUT2D eigenvalue weighted by Gasteiger charge is -2.12. The maximum Gasteiger partial charge on any atom is 0.195 e. The van der Waals surface area contributed by atoms with Crippen molar-refractivity contribution in [3.8, 4) is 0 Å². The van der Waals surface area contributed by atoms with Crippen molar-refractivity contribution in [1.82, 2.24) is 0 Å². The normalized spacial score (nSPS) is 10.8. The van der Waals surface area contributed by atoms with E-state index < -0.39 is 0 Å². The van der Waals surface area contributed by atoms with Crippen LogP contribution in [0.4, 0.5) is 5.69 Å². The van der Waals surface area contributed by atoms with E-state index in [1.165, 1.54) is 5.56 Å². The Labute approximate surface area is 216 Å². The SMILES string of the molecule is CC(C)c1ccc2sc3ccccc3c(=O)c2c1.Cc1ccc(C(=O)c2ccc(N(C)C)cc2)cc1. The molecule has 5 rings (SSSR count). The molecule has 0 radical (unpaired) electrons. The minimum Gasteiger partial charge on any atom is -0.378 e. The molecule has 1 heterocycles. The molecule has 0 fully saturated rings. The first-order chi connectivity index (χ1) is 17.2. The lowest BCUT2D eigenvalue weighted by atomic mass is 10.0. The summed E-state index contributed by atoms with van der Waals surface area (Å²) in [5.41, 5.74) is 5.09. The summed E-state index contributed by atoms with van der Waals surface area (Å²) in [5, 5.41) is 1.68. The summed E-state index contributed by atoms with van der Waals surface area (Å²) in [4.78, 5) is 26.7. The number of rotatable bonds is 4. The highest BCUT2D eigenvalue weighted by Gasteiger charge is 2.09. The van der Waals surface area contributed by atoms with Gasteiger partial charge in [-0.25, -0.2) is 0 Å². The smallest absolute Gasteiger partial charge is 0.195 e. The van der Waals surface area contributed by atoms with Crippen molar-refractivity contribution in [2.24, 2.45) is 0 Å². The van der Waals surface area contributed by atoms with Crippen LogP contribution in [0.2, 0.25) is 0 Å². The van der Waals surface area contributed by atoms with Crippen LogP contribution in [0, 0.1) is 6.92 Å². The Kier molecular flexibility index (Phi) is 7.66. The molecule has 3 nitrogen and oxygen atoms in total. The molecule has 0 aliphatic rings. The summed E-state index contributed by atoms with van der Waals surface area (Å²) >= 11 is 1.69. The molecule has 0 bridgehead atoms. The van der Waals surface area contributed by atoms with E-state index in [1.807, 2.05) is 105 Å². The van der Waals surface area contributed by atoms with E-state index >= 15 is 0 Å². The van der Waals surface area contributed by atoms with E-state index in [0.717, 1.165) is 42.6 Å². The number of hydrogen-bond donors (Lipinski definition) is 0. The van der Waals surface area contributed by atoms with Crippen LogP contribution in [0.25, 0.3) is 20.2 Å². The number of nitrogens with zero attached hydrogens (tertiary/aromatic N) is 1. The molecule has 0 unspecified atom stereocenters. The van der Waals surface area contributed by atoms with Crippen molar-refractivity contribution in [2.45, 2.75) is 26.7 Å². The topological polar surface area (TPSA) is 37.4 Å². The zero-order valence-electron chi connectivity index (χ0n) is 21.4. The van der Waals surface area contributed by atoms with Crippen LogP contribution in [-0.4, -0.2) is 19.9 Å². The fraction of sp³-hybridized carbons (Fsp3) is 0.188. The molecule has 0 saturated carbocycles. The molecule has 0 N–H and O–H groups in total. The van der Waals surface area contributed by atoms with Gasteiger partial charge in [-0.3, -0.25) is 9.59 Å². The minimum absolute atomic E-state index is 0.0697. The Hall–Kier alpha value is -3.76. The highest BCUT2D eigenvalue weighted by molar-refractivity contribution is 7.24. The zero-order chi connectivity index (χ0) is 25.8. The van der Waals surface area contributed by atoms with Crippen LogP contribution < -0.4 is 10.3 Å². The Bertz CT molecular complexity index is 1560. The largest absolute Gasteiger partial charge is 0.378 e. The molecule has 0 spiro atoms. The van der Waals surface area contributed by atoms with E-state index in [0.29, 0.717) is 5.92 Å². The van der Waals surface area contributed by atoms with Crippen LogP contribution in [0.3, 0.4) is 0 Å². The molecule has 5 aromatic rings. The van der Waals surface area contributed by atoms with Gasteiger partial charge in [0.25, 0.3) is 0 Å². The summed E-state index contributed by atoms with van der Waals surface area (Å²) in [5.74, 6) is 0.519. The van der Waals surface area contributed by atoms with Crippen molar-refractivity contribution < 1.29 is 4.79 Å². The second-order valence-electron chi connectivity index (χ2n) is 9.47. The van der Waals surface area contributed by atoms with Crippen molar-refractivity contribution >= 4 is 43.0 Å². The Balaban J connectivity index is 0.000000169. The van der Waals surface area contributed by atoms with Crippen molar-refractivity contribution in [2.75, 3.05) is 19.0 Å². The van der Waals surface area contributed by atoms with Crippen LogP contribution in [0.5, 0.6) is 0 Å². The number of anilines is 1. The van der Waals surface area contributed by atoms with Gasteiger partial charge in [0.15, 0.2) is 11.2 Å². The van der Waals surface area contributed by atoms with Crippen LogP contribution in [-0.2, 0) is 0 Å². The summed E-state index contributed by atoms with van der Waals surface area (Å²) in [6.45, 7) is 6.31. The molecule has 4 aromatic carbocycles. The average Bonchev–Trinajstić information content (AvgIpc) is 2.89. The van der Waals surface area contributed by atoms with Gasteiger partial charge in [-0.15, -0.1) is 11.3 Å². The fourth-order valence-corrected chi connectivity index (χ4v) is 5.01. The maximum atomic E-state index is 12.5. The monoisotopic (exact) mass is 493 g/mol. The van der Waals surface area contributed by atoms with E-state index in [2.05, 4.69) is 26.0 Å². The average molecular weight is 494 g/mol. The van der Waals surface area contributed by atoms with Gasteiger partial charge < -0.3 is 4.90 Å². The number of benzene rings is 4. The number of carbonyl (C=O) groups is 1. The minimum atomic E-state index is 0.0697. The van der Waals surface area contributed by atoms with Gasteiger partial charge in [0, 0.05) is 51.1 Å². The summed E-state index contributed by atoms with van der Waals surface area (Å²) in [7, 11) is 3.97. The first kappa shape index (κ1) is 25.3. The van der Waals surface area contributed by atoms with Crippen LogP contribution in [0.1, 0.15) is 46.8 Å². The van der Waals surface area contributed by atoms with Gasteiger partial charge in [-0.05, 0) is 66.9 Å². The summed E-state index contributed by atoms with van der Waals surface area (Å²) in [6.07, 6.45) is 0. The van der Waals surface area contributed by atoms with Crippen LogP contribution in [0.15, 0.2) is 95.8 Å². The van der Waals surface area contributed by atoms with Gasteiger partial charge in [0.1, 0.15) is 0 Å². The molecule has 0 aliphatic heterocycles. The molecular weight excluding hydrogens is 462 g/mol. The first-order valence-electron chi connectivity index (χ1n) is 12.1. The third kappa shape index (κ3) is 5.55. The number of fused-ring (bicyclic) bond motifs is 2. The molecular formula is C32H31NO2S. The van der Waals surface area contributed by atoms with Gasteiger partial charge in [0.05, 0.1) is 0 Å². The summed E-state index contributed by atoms with van der Waals surface area (Å²) < 4.78 is 2.13. The molecule has 36 heavy (non-hydrogen) atoms. The predicted molar refractivity (Wildman–Crippen MR) is 155 cm³/mol. The molecule has 182 valence electrons. The molecule has 1 aromatic heterocycles. The second kappa shape index (κ2) is 10.9. The third-order valence-corrected chi connectivity index (χ3v) is 7.38. The zero-order valence-corrected chi connectivity index (χ0v) is 22.2. The second-order valence-corrected chi connectivity index (χ2v) is 10.6. The molecule has 0 amide bonds. The van der Waals surface area contributed by atoms with Gasteiger partial charge in [-0.2, -0.15) is 0 Å². The van der Waals surface area contributed by atoms with Gasteiger partial charge in [-0.1, -0.05) is 61.9 Å². The van der Waals surface area contributed by atoms with Crippen molar-refractivity contribution in [3.05, 3.63) is 123 Å². The van der Waals surface area contributed by atoms with E-state index in [-0.39, 0.29) is 11.2 Å². The third-order valence-electron chi connectivity index (χ3n) is 6.23. The molecule has 0 aliphatic carbocycles. The first-order valence-corrected chi connectivity index (χ1v) is 12.9. The highest BCUT2D eigenvalue weighted by atomic mass is 32.1. The maximum absolute atomic E-state index is 12.5. The van der Waals surface area contributed by atoms with Crippen LogP contribution >= 0.6 is 11.3 Å². The Morgan fingerprint density at radius 3 is 1.94 bits per heavy atom. The fourth-order valence-electron chi connectivity index (χ4n) is 3.96. The number of carbonyl (C=O) groups excluding carboxylic acids is 1. The molecule has 0 atom stereocenters. The quantitative estimate of drug-likeness (QED) is 0.189. The summed E-state index contributed by atoms with van der Waals surface area (Å²) in [6, 6.07) is 29.4. The molecule has 4 heteroatoms. The lowest BCUT2D eigenvalue weighted by Crippen LogP contribution is -2.09. The van der Waals surface area contributed by atoms with Crippen molar-refractivity contribution in [3.63, 3.8) is 0 Å². The van der Waals surface area contributed by atoms with Gasteiger partial charge >= 0.3 is 0 Å². The van der Waals surface area contributed by atoms with Gasteiger partial charge in [0.2, 0.25) is 0 Å². The standard InChI is InChI=1S/C16H17NO.C16H14OS/c1-12-4-6-13(7-5-12)16(18)14-8-10-15(11-9-14)17(2)3;1-10(2)11-7-8-15-13(9-11)16(17)12-5-3-4-6-14(12)18-15/h4-11H,1-3H3;3-10H,1-2H3. The number of aryl methyl sites for hydroxylation is 1. The molecule has 0 saturated heterocycles. The van der Waals surface area contributed by atoms with Crippen molar-refractivity contribution in [1.29, 1.82) is 0 Å². The number of ketones is 1. The van der Waals surface area contributed by atoms with E-state index in [9.17, 15) is 9.59 Å². The lowest BCUT2D eigenvalue weighted by molar-refractivity contribution is 0.103. The van der Waals surface area contributed by atoms with E-state index in [1.54, 1.807) is 11.3 Å².